The molecule has 11 heteroatoms. The minimum atomic E-state index is -4.25. The molecule has 0 aliphatic heterocycles. The van der Waals surface area contributed by atoms with Gasteiger partial charge in [0.1, 0.15) is 18.3 Å². The summed E-state index contributed by atoms with van der Waals surface area (Å²) in [7, 11) is -2.78. The second-order valence-corrected chi connectivity index (χ2v) is 14.9. The van der Waals surface area contributed by atoms with Crippen LogP contribution in [0.3, 0.4) is 0 Å². The molecule has 0 aliphatic rings. The number of ether oxygens (including phenoxy) is 1. The molecule has 1 atom stereocenters. The van der Waals surface area contributed by atoms with Crippen LogP contribution in [0.25, 0.3) is 0 Å². The first-order valence-corrected chi connectivity index (χ1v) is 17.2. The maximum Gasteiger partial charge on any atom is 0.264 e. The highest BCUT2D eigenvalue weighted by Crippen LogP contribution is 2.29. The van der Waals surface area contributed by atoms with Crippen molar-refractivity contribution in [1.29, 1.82) is 0 Å². The lowest BCUT2D eigenvalue weighted by Gasteiger charge is -2.35. The van der Waals surface area contributed by atoms with Gasteiger partial charge in [-0.15, -0.1) is 0 Å². The molecule has 0 aliphatic carbocycles. The van der Waals surface area contributed by atoms with Crippen molar-refractivity contribution in [1.82, 2.24) is 10.2 Å². The number of nitrogens with one attached hydrogen (secondary N) is 1. The number of nitrogens with zero attached hydrogens (tertiary/aromatic N) is 2. The second kappa shape index (κ2) is 15.2. The Morgan fingerprint density at radius 2 is 1.53 bits per heavy atom. The average Bonchev–Trinajstić information content (AvgIpc) is 3.03. The number of anilines is 1. The number of aryl methyl sites for hydroxylation is 1. The first-order valence-electron chi connectivity index (χ1n) is 15.0. The summed E-state index contributed by atoms with van der Waals surface area (Å²) in [5.74, 6) is -0.568. The Kier molecular flexibility index (Phi) is 11.6. The monoisotopic (exact) mass is 695 g/mol. The number of benzene rings is 4. The third-order valence-corrected chi connectivity index (χ3v) is 9.86. The zero-order valence-corrected chi connectivity index (χ0v) is 29.4. The van der Waals surface area contributed by atoms with Gasteiger partial charge in [0.05, 0.1) is 27.7 Å². The predicted octanol–water partition coefficient (Wildman–Crippen LogP) is 7.06. The largest absolute Gasteiger partial charge is 0.497 e. The van der Waals surface area contributed by atoms with Crippen LogP contribution in [0.5, 0.6) is 5.75 Å². The van der Waals surface area contributed by atoms with Crippen molar-refractivity contribution in [3.05, 3.63) is 124 Å². The SMILES string of the molecule is COc1cccc(N(CC(=O)N(Cc2ccc(Cl)c(Cl)c2)[C@@H](Cc2ccccc2)C(=O)NC(C)(C)C)S(=O)(=O)c2ccc(C)cc2)c1. The Bertz CT molecular complexity index is 1810. The Balaban J connectivity index is 1.84. The maximum atomic E-state index is 14.6. The van der Waals surface area contributed by atoms with Gasteiger partial charge in [-0.2, -0.15) is 0 Å². The molecule has 47 heavy (non-hydrogen) atoms. The lowest BCUT2D eigenvalue weighted by Crippen LogP contribution is -2.56. The second-order valence-electron chi connectivity index (χ2n) is 12.2. The molecule has 0 fully saturated rings. The van der Waals surface area contributed by atoms with Crippen molar-refractivity contribution in [3.63, 3.8) is 0 Å². The third kappa shape index (κ3) is 9.50. The molecular weight excluding hydrogens is 657 g/mol. The Hall–Kier alpha value is -4.05. The number of hydrogen-bond donors (Lipinski definition) is 1. The van der Waals surface area contributed by atoms with Crippen LogP contribution in [0.2, 0.25) is 10.0 Å². The number of sulfonamides is 1. The van der Waals surface area contributed by atoms with Gasteiger partial charge in [0, 0.05) is 24.6 Å². The van der Waals surface area contributed by atoms with Gasteiger partial charge in [0.15, 0.2) is 0 Å². The molecule has 4 rings (SSSR count). The van der Waals surface area contributed by atoms with Crippen LogP contribution in [0.4, 0.5) is 5.69 Å². The fraction of sp³-hybridized carbons (Fsp3) is 0.278. The molecule has 2 amide bonds. The Morgan fingerprint density at radius 3 is 2.15 bits per heavy atom. The molecule has 0 aromatic heterocycles. The minimum Gasteiger partial charge on any atom is -0.497 e. The summed E-state index contributed by atoms with van der Waals surface area (Å²) in [4.78, 5) is 30.1. The van der Waals surface area contributed by atoms with E-state index in [9.17, 15) is 18.0 Å². The molecule has 4 aromatic carbocycles. The molecule has 0 spiro atoms. The highest BCUT2D eigenvalue weighted by atomic mass is 35.5. The summed E-state index contributed by atoms with van der Waals surface area (Å²) >= 11 is 12.5. The van der Waals surface area contributed by atoms with Crippen LogP contribution in [-0.2, 0) is 32.6 Å². The molecule has 0 heterocycles. The van der Waals surface area contributed by atoms with E-state index in [-0.39, 0.29) is 34.5 Å². The highest BCUT2D eigenvalue weighted by molar-refractivity contribution is 7.92. The Morgan fingerprint density at radius 1 is 0.851 bits per heavy atom. The number of carbonyl (C=O) groups excluding carboxylic acids is 2. The summed E-state index contributed by atoms with van der Waals surface area (Å²) in [6, 6.07) is 26.2. The van der Waals surface area contributed by atoms with Gasteiger partial charge in [0.2, 0.25) is 11.8 Å². The number of methoxy groups -OCH3 is 1. The molecule has 0 saturated heterocycles. The molecule has 0 bridgehead atoms. The van der Waals surface area contributed by atoms with Crippen molar-refractivity contribution in [2.24, 2.45) is 0 Å². The summed E-state index contributed by atoms with van der Waals surface area (Å²) in [6.45, 7) is 6.78. The molecule has 1 N–H and O–H groups in total. The smallest absolute Gasteiger partial charge is 0.264 e. The van der Waals surface area contributed by atoms with E-state index in [4.69, 9.17) is 27.9 Å². The van der Waals surface area contributed by atoms with Gasteiger partial charge in [-0.05, 0) is 75.2 Å². The number of rotatable bonds is 12. The van der Waals surface area contributed by atoms with E-state index < -0.39 is 34.1 Å². The van der Waals surface area contributed by atoms with Crippen molar-refractivity contribution in [2.45, 2.75) is 57.1 Å². The molecule has 0 unspecified atom stereocenters. The van der Waals surface area contributed by atoms with Crippen molar-refractivity contribution >= 4 is 50.7 Å². The van der Waals surface area contributed by atoms with Gasteiger partial charge >= 0.3 is 0 Å². The Labute approximate surface area is 287 Å². The van der Waals surface area contributed by atoms with Crippen LogP contribution in [0.15, 0.2) is 102 Å². The summed E-state index contributed by atoms with van der Waals surface area (Å²) < 4.78 is 34.9. The van der Waals surface area contributed by atoms with E-state index >= 15 is 0 Å². The molecule has 8 nitrogen and oxygen atoms in total. The van der Waals surface area contributed by atoms with Crippen molar-refractivity contribution in [2.75, 3.05) is 18.0 Å². The fourth-order valence-electron chi connectivity index (χ4n) is 4.97. The summed E-state index contributed by atoms with van der Waals surface area (Å²) in [5.41, 5.74) is 1.95. The first kappa shape index (κ1) is 35.8. The number of halogens is 2. The lowest BCUT2D eigenvalue weighted by molar-refractivity contribution is -0.140. The quantitative estimate of drug-likeness (QED) is 0.171. The van der Waals surface area contributed by atoms with Crippen molar-refractivity contribution < 1.29 is 22.7 Å². The van der Waals surface area contributed by atoms with E-state index in [0.717, 1.165) is 15.4 Å². The molecular formula is C36H39Cl2N3O5S. The van der Waals surface area contributed by atoms with Crippen LogP contribution >= 0.6 is 23.2 Å². The third-order valence-electron chi connectivity index (χ3n) is 7.34. The van der Waals surface area contributed by atoms with E-state index in [0.29, 0.717) is 16.3 Å². The minimum absolute atomic E-state index is 0.0149. The fourth-order valence-corrected chi connectivity index (χ4v) is 6.70. The zero-order chi connectivity index (χ0) is 34.4. The highest BCUT2D eigenvalue weighted by Gasteiger charge is 2.35. The van der Waals surface area contributed by atoms with Gasteiger partial charge in [-0.1, -0.05) is 83.4 Å². The number of hydrogen-bond acceptors (Lipinski definition) is 5. The maximum absolute atomic E-state index is 14.6. The van der Waals surface area contributed by atoms with E-state index in [1.54, 1.807) is 54.6 Å². The van der Waals surface area contributed by atoms with E-state index in [1.807, 2.05) is 58.0 Å². The van der Waals surface area contributed by atoms with Crippen LogP contribution in [0.1, 0.15) is 37.5 Å². The predicted molar refractivity (Wildman–Crippen MR) is 188 cm³/mol. The molecule has 0 saturated carbocycles. The van der Waals surface area contributed by atoms with Gasteiger partial charge in [-0.25, -0.2) is 8.42 Å². The van der Waals surface area contributed by atoms with E-state index in [2.05, 4.69) is 5.32 Å². The van der Waals surface area contributed by atoms with Crippen molar-refractivity contribution in [3.8, 4) is 5.75 Å². The first-order chi connectivity index (χ1) is 22.2. The van der Waals surface area contributed by atoms with Crippen LogP contribution in [0, 0.1) is 6.92 Å². The molecule has 0 radical (unpaired) electrons. The number of amides is 2. The topological polar surface area (TPSA) is 96.0 Å². The van der Waals surface area contributed by atoms with Crippen LogP contribution in [-0.4, -0.2) is 50.4 Å². The van der Waals surface area contributed by atoms with Crippen LogP contribution < -0.4 is 14.4 Å². The molecule has 4 aromatic rings. The van der Waals surface area contributed by atoms with Gasteiger partial charge < -0.3 is 15.0 Å². The summed E-state index contributed by atoms with van der Waals surface area (Å²) in [5, 5.41) is 3.64. The standard InChI is InChI=1S/C36H39Cl2N3O5S/c1-25-14-17-30(18-15-25)47(44,45)41(28-12-9-13-29(22-28)46-5)24-34(42)40(23-27-16-19-31(37)32(38)20-27)33(35(43)39-36(2,3)4)21-26-10-7-6-8-11-26/h6-20,22,33H,21,23-24H2,1-5H3,(H,39,43)/t33-/m0/s1. The van der Waals surface area contributed by atoms with E-state index in [1.165, 1.54) is 24.1 Å². The summed E-state index contributed by atoms with van der Waals surface area (Å²) in [6.07, 6.45) is 0.180. The average molecular weight is 697 g/mol. The van der Waals surface area contributed by atoms with Gasteiger partial charge in [-0.3, -0.25) is 13.9 Å². The normalized spacial score (nSPS) is 12.2. The zero-order valence-electron chi connectivity index (χ0n) is 27.0. The molecule has 248 valence electrons. The number of carbonyl (C=O) groups is 2. The van der Waals surface area contributed by atoms with Gasteiger partial charge in [0.25, 0.3) is 10.0 Å². The lowest BCUT2D eigenvalue weighted by atomic mass is 10.0.